The molecule has 77 heavy (non-hydrogen) atoms. The lowest BCUT2D eigenvalue weighted by molar-refractivity contribution is -0.162. The molecule has 0 spiro atoms. The molecule has 376 valence electrons. The van der Waals surface area contributed by atoms with Crippen LogP contribution in [0.3, 0.4) is 0 Å². The molecule has 0 aliphatic carbocycles. The molecule has 9 aromatic carbocycles. The lowest BCUT2D eigenvalue weighted by atomic mass is 9.95. The second-order valence-corrected chi connectivity index (χ2v) is 18.8. The molecule has 3 heterocycles. The van der Waals surface area contributed by atoms with E-state index in [2.05, 4.69) is 6.07 Å². The Morgan fingerprint density at radius 1 is 0.364 bits per heavy atom. The van der Waals surface area contributed by atoms with E-state index in [1.807, 2.05) is 130 Å². The Kier molecular flexibility index (Phi) is 11.4. The van der Waals surface area contributed by atoms with Gasteiger partial charge in [-0.2, -0.15) is 44.8 Å². The number of hydrogen-bond donors (Lipinski definition) is 0. The van der Waals surface area contributed by atoms with Crippen LogP contribution < -0.4 is 0 Å². The van der Waals surface area contributed by atoms with Crippen LogP contribution in [-0.2, 0) is 18.5 Å². The number of fused-ring (bicyclic) bond motifs is 6. The Labute approximate surface area is 433 Å². The third-order valence-corrected chi connectivity index (χ3v) is 14.1. The second kappa shape index (κ2) is 18.2. The molecule has 0 atom stereocenters. The van der Waals surface area contributed by atoms with Gasteiger partial charge in [0.15, 0.2) is 0 Å². The van der Waals surface area contributed by atoms with E-state index in [4.69, 9.17) is 4.98 Å². The van der Waals surface area contributed by atoms with Crippen LogP contribution in [0.4, 0.5) is 39.5 Å². The third-order valence-electron chi connectivity index (χ3n) is 14.1. The molecule has 0 saturated carbocycles. The summed E-state index contributed by atoms with van der Waals surface area (Å²) in [5, 5.41) is 14.0. The number of nitriles is 1. The van der Waals surface area contributed by atoms with Crippen molar-refractivity contribution in [2.45, 2.75) is 25.5 Å². The normalized spacial score (nSPS) is 12.3. The van der Waals surface area contributed by atoms with Crippen LogP contribution >= 0.6 is 0 Å². The summed E-state index contributed by atoms with van der Waals surface area (Å²) in [5.74, 6) is 0. The SMILES string of the molecule is Cc1ccc(-c2ccc3c(c2)c2ccccc2n3-c2cc(C#N)c(-n3c4ccccc4c4cc(-c5ccc(C(F)(F)F)c(C(F)(F)F)c5)ccc43)cc2-c2cc(-c3ccccc3)nc(-c3ccccc3)c2)c(C(F)(F)F)c1. The number of halogens is 9. The summed E-state index contributed by atoms with van der Waals surface area (Å²) >= 11 is 0. The third kappa shape index (κ3) is 8.52. The second-order valence-electron chi connectivity index (χ2n) is 18.8. The van der Waals surface area contributed by atoms with Gasteiger partial charge < -0.3 is 9.13 Å². The molecular weight excluding hydrogens is 996 g/mol. The predicted octanol–water partition coefficient (Wildman–Crippen LogP) is 18.8. The topological polar surface area (TPSA) is 46.5 Å². The van der Waals surface area contributed by atoms with Crippen LogP contribution in [0.15, 0.2) is 206 Å². The number of hydrogen-bond acceptors (Lipinski definition) is 2. The van der Waals surface area contributed by atoms with Crippen LogP contribution in [0.25, 0.3) is 111 Å². The largest absolute Gasteiger partial charge is 0.417 e. The molecule has 13 heteroatoms. The first kappa shape index (κ1) is 48.5. The Bertz CT molecular complexity index is 4310. The van der Waals surface area contributed by atoms with E-state index in [9.17, 15) is 44.8 Å². The van der Waals surface area contributed by atoms with Crippen LogP contribution in [-0.4, -0.2) is 14.1 Å². The maximum absolute atomic E-state index is 14.6. The Morgan fingerprint density at radius 2 is 0.844 bits per heavy atom. The maximum atomic E-state index is 14.6. The number of benzene rings is 9. The van der Waals surface area contributed by atoms with Crippen molar-refractivity contribution in [3.63, 3.8) is 0 Å². The molecule has 0 aliphatic rings. The maximum Gasteiger partial charge on any atom is 0.417 e. The van der Waals surface area contributed by atoms with E-state index in [-0.39, 0.29) is 22.3 Å². The van der Waals surface area contributed by atoms with Crippen LogP contribution in [0.5, 0.6) is 0 Å². The van der Waals surface area contributed by atoms with Crippen LogP contribution in [0.1, 0.15) is 27.8 Å². The monoisotopic (exact) mass is 1030 g/mol. The lowest BCUT2D eigenvalue weighted by Gasteiger charge is -2.20. The standard InChI is InChI=1S/C64H37F9N4/c1-37-20-24-45(52(28-37)63(68,69)70)42-23-27-59-50(30-42)47-17-9-11-19-57(47)77(59)61-34-44(36-74)60(35-48(61)43-32-54(38-12-4-2-5-13-38)75-55(33-43)39-14-6-3-7-15-39)76-56-18-10-8-16-46(56)49-29-40(22-26-58(49)76)41-21-25-51(62(65,66)67)53(31-41)64(71,72)73/h2-35H,1H3. The van der Waals surface area contributed by atoms with Gasteiger partial charge in [0.2, 0.25) is 0 Å². The zero-order valence-electron chi connectivity index (χ0n) is 40.3. The minimum absolute atomic E-state index is 0.0287. The van der Waals surface area contributed by atoms with Gasteiger partial charge in [0.1, 0.15) is 6.07 Å². The molecule has 0 unspecified atom stereocenters. The molecule has 4 nitrogen and oxygen atoms in total. The lowest BCUT2D eigenvalue weighted by Crippen LogP contribution is -2.16. The number of nitrogens with zero attached hydrogens (tertiary/aromatic N) is 4. The van der Waals surface area contributed by atoms with Crippen LogP contribution in [0.2, 0.25) is 0 Å². The average molecular weight is 1030 g/mol. The van der Waals surface area contributed by atoms with Crippen molar-refractivity contribution in [1.29, 1.82) is 5.26 Å². The van der Waals surface area contributed by atoms with E-state index in [1.54, 1.807) is 61.5 Å². The first-order valence-corrected chi connectivity index (χ1v) is 24.2. The van der Waals surface area contributed by atoms with Gasteiger partial charge in [0.05, 0.1) is 67.1 Å². The fourth-order valence-electron chi connectivity index (χ4n) is 10.6. The minimum atomic E-state index is -5.29. The van der Waals surface area contributed by atoms with E-state index in [1.165, 1.54) is 6.07 Å². The summed E-state index contributed by atoms with van der Waals surface area (Å²) in [6, 6.07) is 60.6. The van der Waals surface area contributed by atoms with Gasteiger partial charge in [-0.25, -0.2) is 4.98 Å². The zero-order valence-corrected chi connectivity index (χ0v) is 40.3. The van der Waals surface area contributed by atoms with E-state index < -0.39 is 35.2 Å². The van der Waals surface area contributed by atoms with Gasteiger partial charge in [-0.15, -0.1) is 0 Å². The summed E-state index contributed by atoms with van der Waals surface area (Å²) in [6.45, 7) is 1.62. The fraction of sp³-hybridized carbons (Fsp3) is 0.0625. The van der Waals surface area contributed by atoms with Crippen molar-refractivity contribution >= 4 is 43.6 Å². The summed E-state index contributed by atoms with van der Waals surface area (Å²) in [5.41, 5.74) is 4.69. The van der Waals surface area contributed by atoms with Crippen molar-refractivity contribution in [3.8, 4) is 73.3 Å². The summed E-state index contributed by atoms with van der Waals surface area (Å²) < 4.78 is 132. The summed E-state index contributed by atoms with van der Waals surface area (Å²) in [6.07, 6.45) is -15.2. The minimum Gasteiger partial charge on any atom is -0.309 e. The van der Waals surface area contributed by atoms with E-state index in [0.717, 1.165) is 28.6 Å². The highest BCUT2D eigenvalue weighted by atomic mass is 19.4. The average Bonchev–Trinajstić information content (AvgIpc) is 4.16. The summed E-state index contributed by atoms with van der Waals surface area (Å²) in [4.78, 5) is 5.15. The zero-order chi connectivity index (χ0) is 53.5. The molecule has 3 aromatic heterocycles. The van der Waals surface area contributed by atoms with Crippen molar-refractivity contribution in [2.24, 2.45) is 0 Å². The molecule has 0 N–H and O–H groups in total. The van der Waals surface area contributed by atoms with Crippen molar-refractivity contribution in [1.82, 2.24) is 14.1 Å². The number of aromatic nitrogens is 3. The quantitative estimate of drug-likeness (QED) is 0.149. The Balaban J connectivity index is 1.15. The molecule has 12 rings (SSSR count). The summed E-state index contributed by atoms with van der Waals surface area (Å²) in [7, 11) is 0. The van der Waals surface area contributed by atoms with Gasteiger partial charge in [0, 0.05) is 38.2 Å². The molecular formula is C64H37F9N4. The molecule has 0 radical (unpaired) electrons. The van der Waals surface area contributed by atoms with Gasteiger partial charge in [-0.3, -0.25) is 0 Å². The highest BCUT2D eigenvalue weighted by molar-refractivity contribution is 6.12. The van der Waals surface area contributed by atoms with E-state index in [0.29, 0.717) is 95.4 Å². The number of para-hydroxylation sites is 2. The molecule has 0 fully saturated rings. The molecule has 12 aromatic rings. The van der Waals surface area contributed by atoms with Crippen molar-refractivity contribution in [3.05, 3.63) is 234 Å². The first-order valence-electron chi connectivity index (χ1n) is 24.2. The van der Waals surface area contributed by atoms with Gasteiger partial charge in [0.25, 0.3) is 0 Å². The molecule has 0 aliphatic heterocycles. The number of pyridine rings is 1. The molecule has 0 saturated heterocycles. The van der Waals surface area contributed by atoms with Gasteiger partial charge in [-0.05, 0) is 114 Å². The highest BCUT2D eigenvalue weighted by Gasteiger charge is 2.43. The number of alkyl halides is 9. The number of aryl methyl sites for hydroxylation is 1. The highest BCUT2D eigenvalue weighted by Crippen LogP contribution is 2.46. The van der Waals surface area contributed by atoms with E-state index >= 15 is 0 Å². The first-order chi connectivity index (χ1) is 36.9. The fourth-order valence-corrected chi connectivity index (χ4v) is 10.6. The van der Waals surface area contributed by atoms with Gasteiger partial charge >= 0.3 is 18.5 Å². The van der Waals surface area contributed by atoms with Crippen LogP contribution in [0, 0.1) is 18.3 Å². The van der Waals surface area contributed by atoms with Crippen molar-refractivity contribution in [2.75, 3.05) is 0 Å². The van der Waals surface area contributed by atoms with Gasteiger partial charge in [-0.1, -0.05) is 133 Å². The van der Waals surface area contributed by atoms with Crippen molar-refractivity contribution < 1.29 is 39.5 Å². The molecule has 0 bridgehead atoms. The Morgan fingerprint density at radius 3 is 1.40 bits per heavy atom. The molecule has 0 amide bonds. The predicted molar refractivity (Wildman–Crippen MR) is 285 cm³/mol. The Hall–Kier alpha value is -9.41. The number of rotatable bonds is 7. The smallest absolute Gasteiger partial charge is 0.309 e.